The van der Waals surface area contributed by atoms with Crippen molar-refractivity contribution in [3.05, 3.63) is 59.2 Å². The van der Waals surface area contributed by atoms with Crippen molar-refractivity contribution in [2.24, 2.45) is 5.92 Å². The van der Waals surface area contributed by atoms with E-state index in [-0.39, 0.29) is 12.5 Å². The molecule has 0 bridgehead atoms. The van der Waals surface area contributed by atoms with Crippen LogP contribution in [-0.4, -0.2) is 84.9 Å². The van der Waals surface area contributed by atoms with E-state index in [2.05, 4.69) is 4.90 Å². The van der Waals surface area contributed by atoms with Gasteiger partial charge in [-0.2, -0.15) is 13.2 Å². The van der Waals surface area contributed by atoms with Crippen LogP contribution in [-0.2, 0) is 15.8 Å². The van der Waals surface area contributed by atoms with Gasteiger partial charge in [0.2, 0.25) is 5.67 Å². The number of halogens is 4. The number of benzene rings is 2. The van der Waals surface area contributed by atoms with Crippen molar-refractivity contribution in [1.82, 2.24) is 9.80 Å². The Kier molecular flexibility index (Phi) is 8.28. The average molecular weight is 618 g/mol. The lowest BCUT2D eigenvalue weighted by atomic mass is 9.83. The van der Waals surface area contributed by atoms with Crippen LogP contribution in [0.2, 0.25) is 0 Å². The number of piperidine rings is 2. The van der Waals surface area contributed by atoms with E-state index in [4.69, 9.17) is 4.74 Å². The molecule has 3 aliphatic heterocycles. The van der Waals surface area contributed by atoms with Crippen molar-refractivity contribution in [2.75, 3.05) is 51.3 Å². The van der Waals surface area contributed by atoms with Gasteiger partial charge in [0.1, 0.15) is 5.75 Å². The molecule has 2 atom stereocenters. The maximum absolute atomic E-state index is 17.0. The van der Waals surface area contributed by atoms with Crippen LogP contribution in [0.15, 0.2) is 42.5 Å². The van der Waals surface area contributed by atoms with E-state index in [0.29, 0.717) is 75.9 Å². The molecule has 2 aromatic rings. The van der Waals surface area contributed by atoms with Gasteiger partial charge in [-0.1, -0.05) is 18.2 Å². The summed E-state index contributed by atoms with van der Waals surface area (Å²) >= 11 is 0. The molecule has 238 valence electrons. The monoisotopic (exact) mass is 617 g/mol. The third-order valence-electron chi connectivity index (χ3n) is 10.1. The van der Waals surface area contributed by atoms with Gasteiger partial charge in [0.05, 0.1) is 18.6 Å². The van der Waals surface area contributed by atoms with Crippen LogP contribution in [0.4, 0.5) is 23.2 Å². The summed E-state index contributed by atoms with van der Waals surface area (Å²) < 4.78 is 63.3. The van der Waals surface area contributed by atoms with Gasteiger partial charge in [-0.15, -0.1) is 0 Å². The van der Waals surface area contributed by atoms with Crippen molar-refractivity contribution in [3.8, 4) is 5.75 Å². The summed E-state index contributed by atoms with van der Waals surface area (Å²) in [5, 5.41) is 9.38. The smallest absolute Gasteiger partial charge is 0.416 e. The van der Waals surface area contributed by atoms with Gasteiger partial charge in [0, 0.05) is 56.9 Å². The Hall–Kier alpha value is -3.34. The van der Waals surface area contributed by atoms with Crippen molar-refractivity contribution in [1.29, 1.82) is 0 Å². The molecule has 6 rings (SSSR count). The highest BCUT2D eigenvalue weighted by Crippen LogP contribution is 2.46. The van der Waals surface area contributed by atoms with E-state index in [0.717, 1.165) is 30.0 Å². The Labute approximate surface area is 254 Å². The topological polar surface area (TPSA) is 73.3 Å². The van der Waals surface area contributed by atoms with E-state index >= 15 is 4.39 Å². The van der Waals surface area contributed by atoms with Gasteiger partial charge in [-0.25, -0.2) is 4.39 Å². The molecule has 2 aromatic carbocycles. The van der Waals surface area contributed by atoms with Crippen LogP contribution < -0.4 is 9.64 Å². The number of ether oxygens (including phenoxy) is 1. The van der Waals surface area contributed by atoms with E-state index in [9.17, 15) is 27.9 Å². The summed E-state index contributed by atoms with van der Waals surface area (Å²) in [7, 11) is 1.57. The van der Waals surface area contributed by atoms with Crippen LogP contribution in [0.5, 0.6) is 5.75 Å². The van der Waals surface area contributed by atoms with Crippen molar-refractivity contribution >= 4 is 17.6 Å². The molecule has 11 heteroatoms. The van der Waals surface area contributed by atoms with Gasteiger partial charge in [-0.05, 0) is 79.8 Å². The first-order valence-electron chi connectivity index (χ1n) is 15.5. The maximum atomic E-state index is 17.0. The molecule has 44 heavy (non-hydrogen) atoms. The number of carbonyl (C=O) groups excluding carboxylic acids is 1. The Morgan fingerprint density at radius 1 is 0.932 bits per heavy atom. The molecule has 1 aliphatic carbocycles. The fourth-order valence-electron chi connectivity index (χ4n) is 7.35. The van der Waals surface area contributed by atoms with Crippen molar-refractivity contribution in [2.45, 2.75) is 68.2 Å². The zero-order valence-electron chi connectivity index (χ0n) is 24.9. The van der Waals surface area contributed by atoms with E-state index < -0.39 is 41.1 Å². The molecule has 0 aromatic heterocycles. The largest absolute Gasteiger partial charge is 0.497 e. The molecule has 1 amide bonds. The highest BCUT2D eigenvalue weighted by atomic mass is 19.4. The summed E-state index contributed by atoms with van der Waals surface area (Å²) in [6.45, 7) is 1.88. The molecular weight excluding hydrogens is 578 g/mol. The summed E-state index contributed by atoms with van der Waals surface area (Å²) in [4.78, 5) is 30.9. The van der Waals surface area contributed by atoms with Crippen LogP contribution in [0.1, 0.15) is 67.1 Å². The highest BCUT2D eigenvalue weighted by Gasteiger charge is 2.57. The van der Waals surface area contributed by atoms with Crippen LogP contribution in [0.25, 0.3) is 0 Å². The lowest BCUT2D eigenvalue weighted by Gasteiger charge is -2.39. The lowest BCUT2D eigenvalue weighted by molar-refractivity contribution is -0.145. The summed E-state index contributed by atoms with van der Waals surface area (Å²) in [5.74, 6) is -1.94. The number of hydrogen-bond acceptors (Lipinski definition) is 5. The second kappa shape index (κ2) is 11.9. The second-order valence-corrected chi connectivity index (χ2v) is 12.8. The Morgan fingerprint density at radius 2 is 1.59 bits per heavy atom. The van der Waals surface area contributed by atoms with Gasteiger partial charge in [0.15, 0.2) is 0 Å². The third-order valence-corrected chi connectivity index (χ3v) is 10.1. The molecule has 4 aliphatic rings. The molecule has 1 N–H and O–H groups in total. The average Bonchev–Trinajstić information content (AvgIpc) is 3.82. The molecule has 3 saturated heterocycles. The van der Waals surface area contributed by atoms with Crippen molar-refractivity contribution < 1.29 is 37.0 Å². The normalized spacial score (nSPS) is 25.8. The minimum absolute atomic E-state index is 0.0580. The predicted molar refractivity (Wildman–Crippen MR) is 157 cm³/mol. The quantitative estimate of drug-likeness (QED) is 0.403. The standard InChI is InChI=1S/C33H39F4N3O4/c1-44-26-7-2-22(3-8-26)28-19-40(25-5-6-25)20-32(28,34)31(43)39-16-10-21(11-17-39)27-9-4-24(33(35,36)37)18-29(27)38-14-12-23(13-15-38)30(41)42/h2-4,7-9,18,21,23,25,28H,5-6,10-17,19-20H2,1H3,(H,41,42)/t28-,32-/m0/s1. The van der Waals surface area contributed by atoms with Gasteiger partial charge in [-0.3, -0.25) is 14.5 Å². The fourth-order valence-corrected chi connectivity index (χ4v) is 7.35. The Bertz CT molecular complexity index is 1370. The molecule has 0 unspecified atom stereocenters. The number of aliphatic carboxylic acids is 1. The van der Waals surface area contributed by atoms with Gasteiger partial charge < -0.3 is 19.6 Å². The Balaban J connectivity index is 1.19. The molecular formula is C33H39F4N3O4. The summed E-state index contributed by atoms with van der Waals surface area (Å²) in [6.07, 6.45) is -0.749. The van der Waals surface area contributed by atoms with Gasteiger partial charge >= 0.3 is 12.1 Å². The molecule has 7 nitrogen and oxygen atoms in total. The van der Waals surface area contributed by atoms with Gasteiger partial charge in [0.25, 0.3) is 5.91 Å². The predicted octanol–water partition coefficient (Wildman–Crippen LogP) is 5.69. The van der Waals surface area contributed by atoms with E-state index in [1.165, 1.54) is 12.1 Å². The number of carbonyl (C=O) groups is 2. The molecule has 3 heterocycles. The van der Waals surface area contributed by atoms with Crippen molar-refractivity contribution in [3.63, 3.8) is 0 Å². The second-order valence-electron chi connectivity index (χ2n) is 12.8. The maximum Gasteiger partial charge on any atom is 0.416 e. The number of alkyl halides is 4. The first-order valence-corrected chi connectivity index (χ1v) is 15.5. The SMILES string of the molecule is COc1ccc([C@@H]2CN(C3CC3)C[C@@]2(F)C(=O)N2CCC(c3ccc(C(F)(F)F)cc3N3CCC(C(=O)O)CC3)CC2)cc1. The highest BCUT2D eigenvalue weighted by molar-refractivity contribution is 5.87. The lowest BCUT2D eigenvalue weighted by Crippen LogP contribution is -2.52. The summed E-state index contributed by atoms with van der Waals surface area (Å²) in [6, 6.07) is 11.4. The number of carboxylic acids is 1. The van der Waals surface area contributed by atoms with E-state index in [1.807, 2.05) is 17.0 Å². The zero-order valence-corrected chi connectivity index (χ0v) is 24.9. The number of carboxylic acid groups (broad SMARTS) is 1. The number of nitrogens with zero attached hydrogens (tertiary/aromatic N) is 3. The number of likely N-dealkylation sites (tertiary alicyclic amines) is 2. The first kappa shape index (κ1) is 30.7. The molecule has 0 radical (unpaired) electrons. The fraction of sp³-hybridized carbons (Fsp3) is 0.576. The van der Waals surface area contributed by atoms with Crippen LogP contribution in [0.3, 0.4) is 0 Å². The van der Waals surface area contributed by atoms with E-state index in [1.54, 1.807) is 24.1 Å². The number of hydrogen-bond donors (Lipinski definition) is 1. The Morgan fingerprint density at radius 3 is 2.16 bits per heavy atom. The first-order chi connectivity index (χ1) is 21.0. The minimum atomic E-state index is -4.51. The van der Waals surface area contributed by atoms with Crippen LogP contribution in [0, 0.1) is 5.92 Å². The molecule has 4 fully saturated rings. The number of anilines is 1. The zero-order chi connectivity index (χ0) is 31.2. The van der Waals surface area contributed by atoms with Crippen LogP contribution >= 0.6 is 0 Å². The number of methoxy groups -OCH3 is 1. The third kappa shape index (κ3) is 5.99. The molecule has 0 spiro atoms. The summed E-state index contributed by atoms with van der Waals surface area (Å²) in [5.41, 5.74) is -0.801. The number of rotatable bonds is 7. The minimum Gasteiger partial charge on any atom is -0.497 e. The molecule has 1 saturated carbocycles. The number of amides is 1.